The average Bonchev–Trinajstić information content (AvgIpc) is 3.33. The Morgan fingerprint density at radius 3 is 2.61 bits per heavy atom. The normalized spacial score (nSPS) is 10.9. The zero-order valence-corrected chi connectivity index (χ0v) is 23.0. The molecule has 194 valence electrons. The minimum Gasteiger partial charge on any atom is -0.488 e. The minimum atomic E-state index is -0.253. The number of allylic oxidation sites excluding steroid dienone is 1. The topological polar surface area (TPSA) is 93.4 Å². The predicted octanol–water partition coefficient (Wildman–Crippen LogP) is 5.66. The van der Waals surface area contributed by atoms with Gasteiger partial charge < -0.3 is 14.6 Å². The van der Waals surface area contributed by atoms with Gasteiger partial charge in [-0.15, -0.1) is 16.8 Å². The van der Waals surface area contributed by atoms with Gasteiger partial charge in [0.2, 0.25) is 0 Å². The molecule has 0 bridgehead atoms. The molecule has 1 aromatic heterocycles. The minimum absolute atomic E-state index is 0.139. The van der Waals surface area contributed by atoms with Crippen LogP contribution >= 0.6 is 27.7 Å². The molecule has 0 spiro atoms. The second-order valence-corrected chi connectivity index (χ2v) is 9.91. The van der Waals surface area contributed by atoms with Crippen molar-refractivity contribution in [3.05, 3.63) is 113 Å². The van der Waals surface area contributed by atoms with E-state index in [1.807, 2.05) is 83.4 Å². The Balaban J connectivity index is 1.29. The summed E-state index contributed by atoms with van der Waals surface area (Å²) in [6, 6.07) is 25.4. The summed E-state index contributed by atoms with van der Waals surface area (Å²) in [5.74, 6) is 1.32. The molecule has 0 aliphatic carbocycles. The number of anilines is 1. The van der Waals surface area contributed by atoms with Crippen LogP contribution in [0.1, 0.15) is 17.0 Å². The fourth-order valence-corrected chi connectivity index (χ4v) is 4.43. The number of halogens is 1. The summed E-state index contributed by atoms with van der Waals surface area (Å²) in [4.78, 5) is 12.4. The third-order valence-corrected chi connectivity index (χ3v) is 6.78. The van der Waals surface area contributed by atoms with Crippen LogP contribution in [0.2, 0.25) is 0 Å². The Bertz CT molecular complexity index is 1380. The SMILES string of the molecule is C=CCn1c(CNc2ccccc2)nnc1SCC(=O)N/N=C/c1ccccc1OCc1ccc(Br)cc1. The zero-order valence-electron chi connectivity index (χ0n) is 20.6. The second kappa shape index (κ2) is 14.2. The first-order valence-electron chi connectivity index (χ1n) is 11.8. The van der Waals surface area contributed by atoms with E-state index in [1.54, 1.807) is 12.3 Å². The number of nitrogens with zero attached hydrogens (tertiary/aromatic N) is 4. The maximum Gasteiger partial charge on any atom is 0.250 e. The van der Waals surface area contributed by atoms with E-state index < -0.39 is 0 Å². The van der Waals surface area contributed by atoms with Crippen molar-refractivity contribution in [3.8, 4) is 5.75 Å². The van der Waals surface area contributed by atoms with Gasteiger partial charge in [0, 0.05) is 22.3 Å². The Kier molecular flexibility index (Phi) is 10.1. The third kappa shape index (κ3) is 8.06. The van der Waals surface area contributed by atoms with Crippen molar-refractivity contribution in [3.63, 3.8) is 0 Å². The highest BCUT2D eigenvalue weighted by atomic mass is 79.9. The monoisotopic (exact) mass is 590 g/mol. The molecule has 8 nitrogen and oxygen atoms in total. The number of rotatable bonds is 13. The maximum absolute atomic E-state index is 12.4. The molecule has 0 aliphatic rings. The van der Waals surface area contributed by atoms with Crippen LogP contribution in [-0.2, 0) is 24.5 Å². The molecule has 4 aromatic rings. The first-order chi connectivity index (χ1) is 18.6. The number of hydrogen-bond acceptors (Lipinski definition) is 7. The lowest BCUT2D eigenvalue weighted by atomic mass is 10.2. The van der Waals surface area contributed by atoms with Crippen molar-refractivity contribution in [2.45, 2.75) is 24.9 Å². The average molecular weight is 592 g/mol. The smallest absolute Gasteiger partial charge is 0.250 e. The number of ether oxygens (including phenoxy) is 1. The molecule has 38 heavy (non-hydrogen) atoms. The largest absolute Gasteiger partial charge is 0.488 e. The Morgan fingerprint density at radius 1 is 1.05 bits per heavy atom. The Hall–Kier alpha value is -3.89. The summed E-state index contributed by atoms with van der Waals surface area (Å²) in [7, 11) is 0. The highest BCUT2D eigenvalue weighted by Gasteiger charge is 2.13. The molecular weight excluding hydrogens is 564 g/mol. The van der Waals surface area contributed by atoms with Crippen molar-refractivity contribution in [1.82, 2.24) is 20.2 Å². The molecule has 0 radical (unpaired) electrons. The maximum atomic E-state index is 12.4. The van der Waals surface area contributed by atoms with E-state index in [1.165, 1.54) is 11.8 Å². The van der Waals surface area contributed by atoms with Crippen LogP contribution in [0, 0.1) is 0 Å². The van der Waals surface area contributed by atoms with E-state index in [2.05, 4.69) is 48.6 Å². The van der Waals surface area contributed by atoms with Crippen LogP contribution in [0.3, 0.4) is 0 Å². The standard InChI is InChI=1S/C28H27BrN6O2S/c1-2-16-35-26(18-30-24-9-4-3-5-10-24)32-34-28(35)38-20-27(36)33-31-17-22-8-6-7-11-25(22)37-19-21-12-14-23(29)15-13-21/h2-15,17,30H,1,16,18-20H2,(H,33,36)/b31-17+. The van der Waals surface area contributed by atoms with Crippen molar-refractivity contribution >= 4 is 45.5 Å². The molecule has 0 unspecified atom stereocenters. The molecule has 2 N–H and O–H groups in total. The van der Waals surface area contributed by atoms with Gasteiger partial charge in [0.05, 0.1) is 18.5 Å². The summed E-state index contributed by atoms with van der Waals surface area (Å²) >= 11 is 4.73. The van der Waals surface area contributed by atoms with E-state index >= 15 is 0 Å². The first-order valence-corrected chi connectivity index (χ1v) is 13.6. The summed E-state index contributed by atoms with van der Waals surface area (Å²) in [5.41, 5.74) is 5.38. The molecule has 0 saturated heterocycles. The van der Waals surface area contributed by atoms with E-state index in [4.69, 9.17) is 4.74 Å². The summed E-state index contributed by atoms with van der Waals surface area (Å²) < 4.78 is 8.91. The van der Waals surface area contributed by atoms with Gasteiger partial charge in [-0.25, -0.2) is 5.43 Å². The molecule has 0 atom stereocenters. The number of para-hydroxylation sites is 2. The van der Waals surface area contributed by atoms with E-state index in [0.29, 0.717) is 30.6 Å². The number of nitrogens with one attached hydrogen (secondary N) is 2. The van der Waals surface area contributed by atoms with Crippen LogP contribution in [0.4, 0.5) is 5.69 Å². The molecule has 10 heteroatoms. The fourth-order valence-electron chi connectivity index (χ4n) is 3.40. The van der Waals surface area contributed by atoms with E-state index in [9.17, 15) is 4.79 Å². The van der Waals surface area contributed by atoms with Gasteiger partial charge in [-0.05, 0) is 42.0 Å². The van der Waals surface area contributed by atoms with Crippen LogP contribution in [-0.4, -0.2) is 32.6 Å². The van der Waals surface area contributed by atoms with Gasteiger partial charge >= 0.3 is 0 Å². The lowest BCUT2D eigenvalue weighted by Crippen LogP contribution is -2.20. The van der Waals surface area contributed by atoms with Gasteiger partial charge in [-0.3, -0.25) is 4.79 Å². The number of amides is 1. The number of hydrazone groups is 1. The lowest BCUT2D eigenvalue weighted by Gasteiger charge is -2.09. The highest BCUT2D eigenvalue weighted by molar-refractivity contribution is 9.10. The van der Waals surface area contributed by atoms with Crippen molar-refractivity contribution in [1.29, 1.82) is 0 Å². The Morgan fingerprint density at radius 2 is 1.82 bits per heavy atom. The van der Waals surface area contributed by atoms with Gasteiger partial charge in [0.1, 0.15) is 12.4 Å². The van der Waals surface area contributed by atoms with Gasteiger partial charge in [0.25, 0.3) is 5.91 Å². The van der Waals surface area contributed by atoms with E-state index in [-0.39, 0.29) is 11.7 Å². The lowest BCUT2D eigenvalue weighted by molar-refractivity contribution is -0.118. The van der Waals surface area contributed by atoms with Crippen LogP contribution in [0.5, 0.6) is 5.75 Å². The number of carbonyl (C=O) groups excluding carboxylic acids is 1. The number of thioether (sulfide) groups is 1. The van der Waals surface area contributed by atoms with Gasteiger partial charge in [-0.2, -0.15) is 5.10 Å². The molecule has 0 saturated carbocycles. The number of carbonyl (C=O) groups is 1. The number of benzene rings is 3. The molecule has 1 amide bonds. The van der Waals surface area contributed by atoms with Gasteiger partial charge in [-0.1, -0.05) is 76.2 Å². The molecule has 3 aromatic carbocycles. The molecule has 0 fully saturated rings. The summed E-state index contributed by atoms with van der Waals surface area (Å²) in [5, 5.41) is 16.6. The molecule has 1 heterocycles. The Labute approximate surface area is 234 Å². The van der Waals surface area contributed by atoms with Crippen LogP contribution < -0.4 is 15.5 Å². The third-order valence-electron chi connectivity index (χ3n) is 5.28. The van der Waals surface area contributed by atoms with Gasteiger partial charge in [0.15, 0.2) is 11.0 Å². The number of aromatic nitrogens is 3. The summed E-state index contributed by atoms with van der Waals surface area (Å²) in [6.07, 6.45) is 3.35. The second-order valence-electron chi connectivity index (χ2n) is 8.05. The first kappa shape index (κ1) is 27.2. The molecule has 0 aliphatic heterocycles. The van der Waals surface area contributed by atoms with Crippen LogP contribution in [0.15, 0.2) is 106 Å². The van der Waals surface area contributed by atoms with E-state index in [0.717, 1.165) is 27.1 Å². The quantitative estimate of drug-likeness (QED) is 0.0903. The van der Waals surface area contributed by atoms with Crippen molar-refractivity contribution < 1.29 is 9.53 Å². The fraction of sp³-hybridized carbons (Fsp3) is 0.143. The molecular formula is C28H27BrN6O2S. The summed E-state index contributed by atoms with van der Waals surface area (Å²) in [6.45, 7) is 5.30. The predicted molar refractivity (Wildman–Crippen MR) is 155 cm³/mol. The van der Waals surface area contributed by atoms with Crippen molar-refractivity contribution in [2.75, 3.05) is 11.1 Å². The van der Waals surface area contributed by atoms with Crippen molar-refractivity contribution in [2.24, 2.45) is 5.10 Å². The highest BCUT2D eigenvalue weighted by Crippen LogP contribution is 2.20. The van der Waals surface area contributed by atoms with Crippen LogP contribution in [0.25, 0.3) is 0 Å². The number of hydrogen-bond donors (Lipinski definition) is 2. The zero-order chi connectivity index (χ0) is 26.6. The molecule has 4 rings (SSSR count).